The highest BCUT2D eigenvalue weighted by Crippen LogP contribution is 2.24. The van der Waals surface area contributed by atoms with Crippen molar-refractivity contribution in [1.29, 1.82) is 0 Å². The molecule has 1 heterocycles. The van der Waals surface area contributed by atoms with E-state index in [1.807, 2.05) is 0 Å². The van der Waals surface area contributed by atoms with Crippen LogP contribution in [0.2, 0.25) is 0 Å². The van der Waals surface area contributed by atoms with E-state index < -0.39 is 24.3 Å². The molecule has 0 radical (unpaired) electrons. The zero-order valence-electron chi connectivity index (χ0n) is 13.9. The second kappa shape index (κ2) is 7.59. The highest BCUT2D eigenvalue weighted by atomic mass is 19.1. The number of benzene rings is 2. The molecule has 0 spiro atoms. The number of aliphatic carboxylic acids is 1. The maximum atomic E-state index is 14.0. The maximum Gasteiger partial charge on any atom is 0.303 e. The molecule has 7 heteroatoms. The molecule has 0 aliphatic rings. The van der Waals surface area contributed by atoms with Crippen LogP contribution in [0.4, 0.5) is 13.2 Å². The molecule has 1 N–H and O–H groups in total. The minimum Gasteiger partial charge on any atom is -0.481 e. The number of carbonyl (C=O) groups is 1. The van der Waals surface area contributed by atoms with Crippen LogP contribution < -0.4 is 0 Å². The minimum atomic E-state index is -0.887. The Kier molecular flexibility index (Phi) is 5.25. The van der Waals surface area contributed by atoms with Gasteiger partial charge in [-0.3, -0.25) is 9.48 Å². The molecule has 1 aromatic heterocycles. The predicted octanol–water partition coefficient (Wildman–Crippen LogP) is 4.24. The third-order valence-electron chi connectivity index (χ3n) is 4.19. The molecule has 0 fully saturated rings. The Hall–Kier alpha value is -2.83. The Morgan fingerprint density at radius 1 is 1.15 bits per heavy atom. The molecule has 0 aliphatic carbocycles. The molecule has 4 nitrogen and oxygen atoms in total. The number of alkyl halides is 1. The van der Waals surface area contributed by atoms with Gasteiger partial charge in [-0.15, -0.1) is 0 Å². The van der Waals surface area contributed by atoms with Crippen LogP contribution in [0.1, 0.15) is 29.7 Å². The van der Waals surface area contributed by atoms with E-state index >= 15 is 0 Å². The zero-order valence-corrected chi connectivity index (χ0v) is 13.9. The van der Waals surface area contributed by atoms with E-state index in [2.05, 4.69) is 5.10 Å². The maximum absolute atomic E-state index is 14.0. The molecule has 0 saturated carbocycles. The first-order chi connectivity index (χ1) is 12.5. The van der Waals surface area contributed by atoms with Gasteiger partial charge in [0, 0.05) is 23.4 Å². The van der Waals surface area contributed by atoms with Crippen LogP contribution in [0, 0.1) is 11.6 Å². The first-order valence-electron chi connectivity index (χ1n) is 8.18. The topological polar surface area (TPSA) is 55.1 Å². The van der Waals surface area contributed by atoms with E-state index in [1.54, 1.807) is 22.9 Å². The monoisotopic (exact) mass is 362 g/mol. The smallest absolute Gasteiger partial charge is 0.303 e. The number of hydrogen-bond donors (Lipinski definition) is 1. The number of aromatic nitrogens is 2. The van der Waals surface area contributed by atoms with Gasteiger partial charge in [0.2, 0.25) is 0 Å². The Balaban J connectivity index is 1.98. The van der Waals surface area contributed by atoms with Crippen LogP contribution in [0.15, 0.2) is 36.4 Å². The quantitative estimate of drug-likeness (QED) is 0.684. The van der Waals surface area contributed by atoms with Gasteiger partial charge in [0.25, 0.3) is 0 Å². The zero-order chi connectivity index (χ0) is 18.7. The van der Waals surface area contributed by atoms with E-state index in [-0.39, 0.29) is 18.5 Å². The van der Waals surface area contributed by atoms with Gasteiger partial charge in [0.15, 0.2) is 0 Å². The molecule has 136 valence electrons. The summed E-state index contributed by atoms with van der Waals surface area (Å²) in [5.41, 5.74) is 2.04. The molecule has 0 amide bonds. The van der Waals surface area contributed by atoms with Crippen molar-refractivity contribution in [3.8, 4) is 0 Å². The van der Waals surface area contributed by atoms with Gasteiger partial charge in [0.05, 0.1) is 17.8 Å². The summed E-state index contributed by atoms with van der Waals surface area (Å²) in [6.07, 6.45) is 0.872. The molecular formula is C19H17F3N2O2. The van der Waals surface area contributed by atoms with Crippen LogP contribution in [0.3, 0.4) is 0 Å². The van der Waals surface area contributed by atoms with E-state index in [1.165, 1.54) is 12.1 Å². The third kappa shape index (κ3) is 3.87. The van der Waals surface area contributed by atoms with E-state index in [0.29, 0.717) is 29.6 Å². The Labute approximate surface area is 147 Å². The average Bonchev–Trinajstić information content (AvgIpc) is 2.94. The van der Waals surface area contributed by atoms with Gasteiger partial charge in [-0.2, -0.15) is 5.10 Å². The lowest BCUT2D eigenvalue weighted by molar-refractivity contribution is -0.137. The Bertz CT molecular complexity index is 953. The molecule has 0 saturated heterocycles. The lowest BCUT2D eigenvalue weighted by Crippen LogP contribution is -2.05. The molecular weight excluding hydrogens is 345 g/mol. The van der Waals surface area contributed by atoms with Crippen molar-refractivity contribution in [2.24, 2.45) is 0 Å². The summed E-state index contributed by atoms with van der Waals surface area (Å²) in [6, 6.07) is 8.36. The lowest BCUT2D eigenvalue weighted by Gasteiger charge is -2.06. The molecule has 0 aliphatic heterocycles. The normalized spacial score (nSPS) is 11.2. The number of aryl methyl sites for hydroxylation is 1. The molecule has 0 bridgehead atoms. The summed E-state index contributed by atoms with van der Waals surface area (Å²) in [4.78, 5) is 10.7. The summed E-state index contributed by atoms with van der Waals surface area (Å²) in [5.74, 6) is -2.23. The number of carboxylic acid groups (broad SMARTS) is 1. The SMILES string of the molecule is O=C(O)CCCc1nn(Cc2ccc(F)cc2F)c2cc(CF)ccc12. The van der Waals surface area contributed by atoms with Crippen LogP contribution in [-0.4, -0.2) is 20.9 Å². The Morgan fingerprint density at radius 3 is 2.65 bits per heavy atom. The Morgan fingerprint density at radius 2 is 1.96 bits per heavy atom. The summed E-state index contributed by atoms with van der Waals surface area (Å²) in [6.45, 7) is -0.572. The highest BCUT2D eigenvalue weighted by molar-refractivity contribution is 5.83. The van der Waals surface area contributed by atoms with Crippen LogP contribution >= 0.6 is 0 Å². The van der Waals surface area contributed by atoms with Crippen molar-refractivity contribution in [2.75, 3.05) is 0 Å². The second-order valence-electron chi connectivity index (χ2n) is 6.07. The van der Waals surface area contributed by atoms with Crippen LogP contribution in [0.5, 0.6) is 0 Å². The summed E-state index contributed by atoms with van der Waals surface area (Å²) in [5, 5.41) is 14.0. The van der Waals surface area contributed by atoms with E-state index in [0.717, 1.165) is 11.5 Å². The molecule has 2 aromatic carbocycles. The fraction of sp³-hybridized carbons (Fsp3) is 0.263. The van der Waals surface area contributed by atoms with Crippen molar-refractivity contribution in [2.45, 2.75) is 32.5 Å². The second-order valence-corrected chi connectivity index (χ2v) is 6.07. The summed E-state index contributed by atoms with van der Waals surface area (Å²) >= 11 is 0. The fourth-order valence-electron chi connectivity index (χ4n) is 2.89. The molecule has 0 unspecified atom stereocenters. The number of nitrogens with zero attached hydrogens (tertiary/aromatic N) is 2. The molecule has 26 heavy (non-hydrogen) atoms. The van der Waals surface area contributed by atoms with Crippen molar-refractivity contribution >= 4 is 16.9 Å². The van der Waals surface area contributed by atoms with Crippen LogP contribution in [0.25, 0.3) is 10.9 Å². The number of rotatable bonds is 7. The largest absolute Gasteiger partial charge is 0.481 e. The third-order valence-corrected chi connectivity index (χ3v) is 4.19. The highest BCUT2D eigenvalue weighted by Gasteiger charge is 2.14. The van der Waals surface area contributed by atoms with Crippen molar-refractivity contribution in [3.05, 3.63) is 64.9 Å². The first kappa shape index (κ1) is 18.0. The standard InChI is InChI=1S/C19H17F3N2O2/c20-10-12-4-7-15-17(2-1-3-19(25)26)23-24(18(15)8-12)11-13-5-6-14(21)9-16(13)22/h4-9H,1-3,10-11H2,(H,25,26). The predicted molar refractivity (Wildman–Crippen MR) is 90.6 cm³/mol. The van der Waals surface area contributed by atoms with Crippen molar-refractivity contribution < 1.29 is 23.1 Å². The lowest BCUT2D eigenvalue weighted by atomic mass is 10.1. The van der Waals surface area contributed by atoms with Gasteiger partial charge in [-0.25, -0.2) is 13.2 Å². The van der Waals surface area contributed by atoms with Gasteiger partial charge in [-0.05, 0) is 30.5 Å². The fourth-order valence-corrected chi connectivity index (χ4v) is 2.89. The van der Waals surface area contributed by atoms with Gasteiger partial charge in [0.1, 0.15) is 18.3 Å². The first-order valence-corrected chi connectivity index (χ1v) is 8.18. The number of fused-ring (bicyclic) bond motifs is 1. The summed E-state index contributed by atoms with van der Waals surface area (Å²) in [7, 11) is 0. The average molecular weight is 362 g/mol. The number of carboxylic acids is 1. The van der Waals surface area contributed by atoms with Gasteiger partial charge < -0.3 is 5.11 Å². The molecule has 0 atom stereocenters. The minimum absolute atomic E-state index is 0.0174. The van der Waals surface area contributed by atoms with Crippen molar-refractivity contribution in [1.82, 2.24) is 9.78 Å². The van der Waals surface area contributed by atoms with Gasteiger partial charge in [-0.1, -0.05) is 18.2 Å². The molecule has 3 rings (SSSR count). The number of hydrogen-bond acceptors (Lipinski definition) is 2. The molecule has 3 aromatic rings. The van der Waals surface area contributed by atoms with Crippen molar-refractivity contribution in [3.63, 3.8) is 0 Å². The van der Waals surface area contributed by atoms with Gasteiger partial charge >= 0.3 is 5.97 Å². The van der Waals surface area contributed by atoms with E-state index in [4.69, 9.17) is 5.11 Å². The number of halogens is 3. The van der Waals surface area contributed by atoms with Crippen LogP contribution in [-0.2, 0) is 24.4 Å². The van der Waals surface area contributed by atoms with E-state index in [9.17, 15) is 18.0 Å². The summed E-state index contributed by atoms with van der Waals surface area (Å²) < 4.78 is 41.6.